The van der Waals surface area contributed by atoms with Crippen molar-refractivity contribution in [1.82, 2.24) is 5.32 Å². The second-order valence-electron chi connectivity index (χ2n) is 5.72. The maximum Gasteiger partial charge on any atom is 0.224 e. The van der Waals surface area contributed by atoms with Gasteiger partial charge >= 0.3 is 0 Å². The van der Waals surface area contributed by atoms with Crippen LogP contribution in [0.15, 0.2) is 48.5 Å². The summed E-state index contributed by atoms with van der Waals surface area (Å²) in [6.45, 7) is 0.702. The summed E-state index contributed by atoms with van der Waals surface area (Å²) in [6.07, 6.45) is 4.98. The fraction of sp³-hybridized carbons (Fsp3) is 0.316. The van der Waals surface area contributed by atoms with E-state index in [-0.39, 0.29) is 5.91 Å². The molecule has 1 aliphatic rings. The zero-order chi connectivity index (χ0) is 14.5. The molecule has 0 unspecified atom stereocenters. The Labute approximate surface area is 126 Å². The van der Waals surface area contributed by atoms with Crippen molar-refractivity contribution in [2.45, 2.75) is 32.1 Å². The van der Waals surface area contributed by atoms with Crippen molar-refractivity contribution in [2.24, 2.45) is 0 Å². The van der Waals surface area contributed by atoms with Gasteiger partial charge in [-0.1, -0.05) is 48.5 Å². The SMILES string of the molecule is O=C(Cc1ccc2c(c1)CCC2)NCCc1ccccc1. The van der Waals surface area contributed by atoms with E-state index in [0.29, 0.717) is 13.0 Å². The highest BCUT2D eigenvalue weighted by atomic mass is 16.1. The fourth-order valence-electron chi connectivity index (χ4n) is 2.97. The van der Waals surface area contributed by atoms with Crippen LogP contribution < -0.4 is 5.32 Å². The molecule has 0 aliphatic heterocycles. The van der Waals surface area contributed by atoms with E-state index >= 15 is 0 Å². The van der Waals surface area contributed by atoms with Crippen molar-refractivity contribution < 1.29 is 4.79 Å². The number of amides is 1. The third kappa shape index (κ3) is 3.72. The maximum absolute atomic E-state index is 12.0. The number of fused-ring (bicyclic) bond motifs is 1. The van der Waals surface area contributed by atoms with Gasteiger partial charge in [-0.2, -0.15) is 0 Å². The Kier molecular flexibility index (Phi) is 4.34. The van der Waals surface area contributed by atoms with Crippen LogP contribution in [0.25, 0.3) is 0 Å². The highest BCUT2D eigenvalue weighted by molar-refractivity contribution is 5.78. The number of rotatable bonds is 5. The molecule has 0 saturated heterocycles. The van der Waals surface area contributed by atoms with Gasteiger partial charge in [-0.25, -0.2) is 0 Å². The number of hydrogen-bond donors (Lipinski definition) is 1. The third-order valence-corrected chi connectivity index (χ3v) is 4.11. The lowest BCUT2D eigenvalue weighted by molar-refractivity contribution is -0.120. The molecule has 21 heavy (non-hydrogen) atoms. The predicted molar refractivity (Wildman–Crippen MR) is 85.3 cm³/mol. The first-order valence-electron chi connectivity index (χ1n) is 7.72. The zero-order valence-electron chi connectivity index (χ0n) is 12.3. The second kappa shape index (κ2) is 6.57. The van der Waals surface area contributed by atoms with E-state index in [2.05, 4.69) is 35.6 Å². The molecule has 0 radical (unpaired) electrons. The number of hydrogen-bond acceptors (Lipinski definition) is 1. The molecule has 0 bridgehead atoms. The molecule has 2 nitrogen and oxygen atoms in total. The molecular formula is C19H21NO. The van der Waals surface area contributed by atoms with Gasteiger partial charge in [0.25, 0.3) is 0 Å². The molecule has 0 heterocycles. The summed E-state index contributed by atoms with van der Waals surface area (Å²) in [4.78, 5) is 12.0. The Morgan fingerprint density at radius 2 is 1.76 bits per heavy atom. The van der Waals surface area contributed by atoms with E-state index in [1.165, 1.54) is 36.0 Å². The molecule has 3 rings (SSSR count). The van der Waals surface area contributed by atoms with Crippen molar-refractivity contribution in [3.63, 3.8) is 0 Å². The van der Waals surface area contributed by atoms with Crippen LogP contribution in [0.4, 0.5) is 0 Å². The summed E-state index contributed by atoms with van der Waals surface area (Å²) in [6, 6.07) is 16.7. The van der Waals surface area contributed by atoms with Crippen LogP contribution in [0, 0.1) is 0 Å². The lowest BCUT2D eigenvalue weighted by Crippen LogP contribution is -2.27. The molecule has 0 aromatic heterocycles. The quantitative estimate of drug-likeness (QED) is 0.895. The molecule has 2 heteroatoms. The van der Waals surface area contributed by atoms with E-state index in [1.807, 2.05) is 18.2 Å². The van der Waals surface area contributed by atoms with Crippen LogP contribution >= 0.6 is 0 Å². The first kappa shape index (κ1) is 13.9. The summed E-state index contributed by atoms with van der Waals surface area (Å²) < 4.78 is 0. The number of benzene rings is 2. The Morgan fingerprint density at radius 3 is 2.62 bits per heavy atom. The molecule has 0 saturated carbocycles. The maximum atomic E-state index is 12.0. The molecular weight excluding hydrogens is 258 g/mol. The number of carbonyl (C=O) groups is 1. The van der Waals surface area contributed by atoms with Crippen molar-refractivity contribution >= 4 is 5.91 Å². The van der Waals surface area contributed by atoms with Crippen molar-refractivity contribution in [2.75, 3.05) is 6.54 Å². The number of carbonyl (C=O) groups excluding carboxylic acids is 1. The normalized spacial score (nSPS) is 13.0. The molecule has 1 aliphatic carbocycles. The van der Waals surface area contributed by atoms with Gasteiger partial charge in [0.05, 0.1) is 6.42 Å². The van der Waals surface area contributed by atoms with E-state index < -0.39 is 0 Å². The molecule has 0 atom stereocenters. The zero-order valence-corrected chi connectivity index (χ0v) is 12.3. The molecule has 1 N–H and O–H groups in total. The summed E-state index contributed by atoms with van der Waals surface area (Å²) in [5.74, 6) is 0.115. The molecule has 108 valence electrons. The highest BCUT2D eigenvalue weighted by Crippen LogP contribution is 2.22. The fourth-order valence-corrected chi connectivity index (χ4v) is 2.97. The Bertz CT molecular complexity index is 619. The highest BCUT2D eigenvalue weighted by Gasteiger charge is 2.12. The van der Waals surface area contributed by atoms with Crippen LogP contribution in [0.2, 0.25) is 0 Å². The van der Waals surface area contributed by atoms with Gasteiger partial charge < -0.3 is 5.32 Å². The monoisotopic (exact) mass is 279 g/mol. The van der Waals surface area contributed by atoms with Crippen LogP contribution in [-0.4, -0.2) is 12.5 Å². The summed E-state index contributed by atoms with van der Waals surface area (Å²) >= 11 is 0. The lowest BCUT2D eigenvalue weighted by atomic mass is 10.0. The Morgan fingerprint density at radius 1 is 0.952 bits per heavy atom. The number of nitrogens with one attached hydrogen (secondary N) is 1. The minimum absolute atomic E-state index is 0.115. The molecule has 0 fully saturated rings. The summed E-state index contributed by atoms with van der Waals surface area (Å²) in [5.41, 5.74) is 5.29. The van der Waals surface area contributed by atoms with Crippen LogP contribution in [0.3, 0.4) is 0 Å². The van der Waals surface area contributed by atoms with Crippen LogP contribution in [-0.2, 0) is 30.5 Å². The first-order chi connectivity index (χ1) is 10.3. The average molecular weight is 279 g/mol. The topological polar surface area (TPSA) is 29.1 Å². The smallest absolute Gasteiger partial charge is 0.224 e. The van der Waals surface area contributed by atoms with Crippen LogP contribution in [0.5, 0.6) is 0 Å². The summed E-state index contributed by atoms with van der Waals surface area (Å²) in [5, 5.41) is 3.01. The third-order valence-electron chi connectivity index (χ3n) is 4.11. The van der Waals surface area contributed by atoms with Gasteiger partial charge in [0, 0.05) is 6.54 Å². The van der Waals surface area contributed by atoms with Crippen molar-refractivity contribution in [3.8, 4) is 0 Å². The molecule has 0 spiro atoms. The average Bonchev–Trinajstić information content (AvgIpc) is 2.96. The van der Waals surface area contributed by atoms with E-state index in [4.69, 9.17) is 0 Å². The second-order valence-corrected chi connectivity index (χ2v) is 5.72. The van der Waals surface area contributed by atoms with Gasteiger partial charge in [-0.05, 0) is 47.9 Å². The van der Waals surface area contributed by atoms with Gasteiger partial charge in [-0.15, -0.1) is 0 Å². The molecule has 2 aromatic carbocycles. The van der Waals surface area contributed by atoms with Crippen molar-refractivity contribution in [1.29, 1.82) is 0 Å². The lowest BCUT2D eigenvalue weighted by Gasteiger charge is -2.07. The predicted octanol–water partition coefficient (Wildman–Crippen LogP) is 3.08. The summed E-state index contributed by atoms with van der Waals surface area (Å²) in [7, 11) is 0. The van der Waals surface area contributed by atoms with Gasteiger partial charge in [0.2, 0.25) is 5.91 Å². The van der Waals surface area contributed by atoms with E-state index in [1.54, 1.807) is 0 Å². The number of aryl methyl sites for hydroxylation is 2. The minimum atomic E-state index is 0.115. The van der Waals surface area contributed by atoms with Gasteiger partial charge in [-0.3, -0.25) is 4.79 Å². The van der Waals surface area contributed by atoms with Crippen molar-refractivity contribution in [3.05, 3.63) is 70.8 Å². The van der Waals surface area contributed by atoms with Gasteiger partial charge in [0.15, 0.2) is 0 Å². The van der Waals surface area contributed by atoms with Gasteiger partial charge in [0.1, 0.15) is 0 Å². The molecule has 1 amide bonds. The van der Waals surface area contributed by atoms with Crippen LogP contribution in [0.1, 0.15) is 28.7 Å². The standard InChI is InChI=1S/C19H21NO/c21-19(20-12-11-15-5-2-1-3-6-15)14-16-9-10-17-7-4-8-18(17)13-16/h1-3,5-6,9-10,13H,4,7-8,11-12,14H2,(H,20,21). The Balaban J connectivity index is 1.48. The Hall–Kier alpha value is -2.09. The first-order valence-corrected chi connectivity index (χ1v) is 7.72. The van der Waals surface area contributed by atoms with E-state index in [9.17, 15) is 4.79 Å². The molecule has 2 aromatic rings. The largest absolute Gasteiger partial charge is 0.355 e. The van der Waals surface area contributed by atoms with E-state index in [0.717, 1.165) is 12.0 Å². The minimum Gasteiger partial charge on any atom is -0.355 e.